The van der Waals surface area contributed by atoms with Crippen molar-refractivity contribution in [3.05, 3.63) is 66.0 Å². The molecule has 0 bridgehead atoms. The Kier molecular flexibility index (Phi) is 9.15. The molecule has 214 valence electrons. The van der Waals surface area contributed by atoms with Crippen molar-refractivity contribution in [1.82, 2.24) is 25.1 Å². The molecule has 1 aromatic heterocycles. The monoisotopic (exact) mass is 571 g/mol. The predicted molar refractivity (Wildman–Crippen MR) is 145 cm³/mol. The van der Waals surface area contributed by atoms with Gasteiger partial charge in [-0.3, -0.25) is 8.98 Å². The molecule has 0 saturated carbocycles. The fraction of sp³-hybridized carbons (Fsp3) is 0.444. The first-order valence-electron chi connectivity index (χ1n) is 13.1. The Hall–Kier alpha value is -3.84. The Morgan fingerprint density at radius 1 is 1.12 bits per heavy atom. The topological polar surface area (TPSA) is 143 Å². The molecule has 1 aliphatic rings. The smallest absolute Gasteiger partial charge is 0.347 e. The number of hydrogen-bond donors (Lipinski definition) is 0. The van der Waals surface area contributed by atoms with Gasteiger partial charge in [-0.05, 0) is 60.4 Å². The summed E-state index contributed by atoms with van der Waals surface area (Å²) in [5, 5.41) is 11.2. The minimum atomic E-state index is -3.61. The Labute approximate surface area is 233 Å². The maximum atomic E-state index is 14.0. The third kappa shape index (κ3) is 6.83. The first-order valence-corrected chi connectivity index (χ1v) is 14.9. The number of likely N-dealkylation sites (tertiary alicyclic amines) is 1. The van der Waals surface area contributed by atoms with Gasteiger partial charge < -0.3 is 14.4 Å². The van der Waals surface area contributed by atoms with Crippen molar-refractivity contribution in [2.45, 2.75) is 44.6 Å². The van der Waals surface area contributed by atoms with E-state index in [0.29, 0.717) is 38.0 Å². The van der Waals surface area contributed by atoms with Crippen LogP contribution in [0.3, 0.4) is 0 Å². The Bertz CT molecular complexity index is 1420. The van der Waals surface area contributed by atoms with Crippen molar-refractivity contribution in [3.63, 3.8) is 0 Å². The fourth-order valence-electron chi connectivity index (χ4n) is 4.88. The van der Waals surface area contributed by atoms with Gasteiger partial charge in [0.25, 0.3) is 16.0 Å². The summed E-state index contributed by atoms with van der Waals surface area (Å²) in [6.07, 6.45) is 2.91. The molecule has 4 rings (SSSR count). The number of hydrogen-bond acceptors (Lipinski definition) is 10. The molecular weight excluding hydrogens is 538 g/mol. The normalized spacial score (nSPS) is 17.9. The van der Waals surface area contributed by atoms with Crippen molar-refractivity contribution in [3.8, 4) is 11.4 Å². The summed E-state index contributed by atoms with van der Waals surface area (Å²) in [7, 11) is -3.61. The zero-order chi connectivity index (χ0) is 28.8. The predicted octanol–water partition coefficient (Wildman–Crippen LogP) is 2.53. The quantitative estimate of drug-likeness (QED) is 0.235. The second kappa shape index (κ2) is 12.6. The van der Waals surface area contributed by atoms with Gasteiger partial charge in [0.15, 0.2) is 6.10 Å². The summed E-state index contributed by atoms with van der Waals surface area (Å²) in [6, 6.07) is 14.6. The number of benzene rings is 2. The zero-order valence-corrected chi connectivity index (χ0v) is 23.5. The Balaban J connectivity index is 1.66. The zero-order valence-electron chi connectivity index (χ0n) is 22.7. The fourth-order valence-corrected chi connectivity index (χ4v) is 5.26. The average molecular weight is 572 g/mol. The Morgan fingerprint density at radius 2 is 1.90 bits per heavy atom. The van der Waals surface area contributed by atoms with Crippen molar-refractivity contribution < 1.29 is 31.7 Å². The van der Waals surface area contributed by atoms with E-state index in [9.17, 15) is 18.0 Å². The molecule has 0 N–H and O–H groups in total. The summed E-state index contributed by atoms with van der Waals surface area (Å²) in [4.78, 5) is 28.2. The van der Waals surface area contributed by atoms with Crippen LogP contribution in [-0.4, -0.2) is 84.1 Å². The molecule has 40 heavy (non-hydrogen) atoms. The van der Waals surface area contributed by atoms with Crippen LogP contribution in [0.4, 0.5) is 0 Å². The van der Waals surface area contributed by atoms with Crippen LogP contribution in [0.5, 0.6) is 5.75 Å². The third-order valence-electron chi connectivity index (χ3n) is 6.90. The van der Waals surface area contributed by atoms with Gasteiger partial charge in [0.05, 0.1) is 30.7 Å². The van der Waals surface area contributed by atoms with Crippen LogP contribution in [0.25, 0.3) is 5.69 Å². The molecular formula is C27H33N5O7S. The molecule has 2 unspecified atom stereocenters. The first kappa shape index (κ1) is 29.2. The molecule has 13 heteroatoms. The highest BCUT2D eigenvalue weighted by Gasteiger charge is 2.42. The lowest BCUT2D eigenvalue weighted by molar-refractivity contribution is -0.151. The van der Waals surface area contributed by atoms with Crippen molar-refractivity contribution in [2.24, 2.45) is 0 Å². The SMILES string of the molecule is CCOC(=O)C(CC)Oc1ccc(-n2cnnn2)cc1C(=O)N1CCC(CCOS(C)(=O)=O)(c2ccccc2)C1. The number of amides is 1. The molecule has 2 aromatic carbocycles. The van der Waals surface area contributed by atoms with Gasteiger partial charge >= 0.3 is 5.97 Å². The summed E-state index contributed by atoms with van der Waals surface area (Å²) in [6.45, 7) is 4.49. The molecule has 2 heterocycles. The lowest BCUT2D eigenvalue weighted by Crippen LogP contribution is -2.36. The lowest BCUT2D eigenvalue weighted by atomic mass is 9.77. The number of nitrogens with zero attached hydrogens (tertiary/aromatic N) is 5. The first-order chi connectivity index (χ1) is 19.2. The van der Waals surface area contributed by atoms with E-state index in [2.05, 4.69) is 15.5 Å². The minimum absolute atomic E-state index is 0.00335. The van der Waals surface area contributed by atoms with E-state index in [4.69, 9.17) is 13.7 Å². The van der Waals surface area contributed by atoms with Crippen LogP contribution in [0, 0.1) is 0 Å². The summed E-state index contributed by atoms with van der Waals surface area (Å²) >= 11 is 0. The van der Waals surface area contributed by atoms with Crippen LogP contribution in [0.2, 0.25) is 0 Å². The molecule has 1 fully saturated rings. The summed E-state index contributed by atoms with van der Waals surface area (Å²) in [5.74, 6) is -0.576. The van der Waals surface area contributed by atoms with Gasteiger partial charge in [0, 0.05) is 18.5 Å². The standard InChI is InChI=1S/C27H33N5O7S/c1-4-23(26(34)37-5-2)39-24-12-11-21(32-19-28-29-30-32)17-22(24)25(33)31-15-13-27(18-31,14-16-38-40(3,35)36)20-9-7-6-8-10-20/h6-12,17,19,23H,4-5,13-16,18H2,1-3H3. The maximum Gasteiger partial charge on any atom is 0.347 e. The number of tetrazole rings is 1. The number of esters is 1. The second-order valence-corrected chi connectivity index (χ2v) is 11.2. The second-order valence-electron chi connectivity index (χ2n) is 9.60. The van der Waals surface area contributed by atoms with Crippen LogP contribution in [0.1, 0.15) is 49.0 Å². The average Bonchev–Trinajstić information content (AvgIpc) is 3.63. The van der Waals surface area contributed by atoms with E-state index in [0.717, 1.165) is 11.8 Å². The van der Waals surface area contributed by atoms with Crippen LogP contribution < -0.4 is 4.74 Å². The van der Waals surface area contributed by atoms with Gasteiger partial charge in [-0.1, -0.05) is 37.3 Å². The molecule has 0 spiro atoms. The number of rotatable bonds is 12. The molecule has 2 atom stereocenters. The maximum absolute atomic E-state index is 14.0. The molecule has 0 radical (unpaired) electrons. The van der Waals surface area contributed by atoms with Gasteiger partial charge in [-0.15, -0.1) is 5.10 Å². The van der Waals surface area contributed by atoms with Gasteiger partial charge in [-0.25, -0.2) is 9.48 Å². The van der Waals surface area contributed by atoms with Crippen LogP contribution in [-0.2, 0) is 29.2 Å². The van der Waals surface area contributed by atoms with E-state index in [1.807, 2.05) is 30.3 Å². The van der Waals surface area contributed by atoms with Crippen molar-refractivity contribution in [1.29, 1.82) is 0 Å². The summed E-state index contributed by atoms with van der Waals surface area (Å²) in [5.41, 5.74) is 1.27. The molecule has 0 aliphatic carbocycles. The highest BCUT2D eigenvalue weighted by atomic mass is 32.2. The number of ether oxygens (including phenoxy) is 2. The summed E-state index contributed by atoms with van der Waals surface area (Å²) < 4.78 is 40.9. The van der Waals surface area contributed by atoms with E-state index < -0.39 is 27.6 Å². The van der Waals surface area contributed by atoms with Gasteiger partial charge in [0.1, 0.15) is 12.1 Å². The van der Waals surface area contributed by atoms with E-state index in [-0.39, 0.29) is 30.4 Å². The van der Waals surface area contributed by atoms with E-state index in [1.54, 1.807) is 36.9 Å². The van der Waals surface area contributed by atoms with Crippen molar-refractivity contribution >= 4 is 22.0 Å². The molecule has 12 nitrogen and oxygen atoms in total. The number of carbonyl (C=O) groups is 2. The van der Waals surface area contributed by atoms with Crippen molar-refractivity contribution in [2.75, 3.05) is 32.6 Å². The largest absolute Gasteiger partial charge is 0.478 e. The lowest BCUT2D eigenvalue weighted by Gasteiger charge is -2.30. The van der Waals surface area contributed by atoms with Crippen LogP contribution in [0.15, 0.2) is 54.9 Å². The highest BCUT2D eigenvalue weighted by Crippen LogP contribution is 2.39. The van der Waals surface area contributed by atoms with Gasteiger partial charge in [0.2, 0.25) is 0 Å². The third-order valence-corrected chi connectivity index (χ3v) is 7.50. The van der Waals surface area contributed by atoms with E-state index in [1.165, 1.54) is 11.0 Å². The van der Waals surface area contributed by atoms with E-state index >= 15 is 0 Å². The Morgan fingerprint density at radius 3 is 2.55 bits per heavy atom. The molecule has 1 saturated heterocycles. The minimum Gasteiger partial charge on any atom is -0.478 e. The van der Waals surface area contributed by atoms with Gasteiger partial charge in [-0.2, -0.15) is 8.42 Å². The molecule has 3 aromatic rings. The number of carbonyl (C=O) groups excluding carboxylic acids is 2. The molecule has 1 amide bonds. The highest BCUT2D eigenvalue weighted by molar-refractivity contribution is 7.85. The number of aromatic nitrogens is 4. The molecule has 1 aliphatic heterocycles. The van der Waals surface area contributed by atoms with Crippen LogP contribution >= 0.6 is 0 Å².